The quantitative estimate of drug-likeness (QED) is 0.444. The van der Waals surface area contributed by atoms with Gasteiger partial charge in [-0.05, 0) is 36.4 Å². The molecule has 0 atom stereocenters. The van der Waals surface area contributed by atoms with E-state index in [1.807, 2.05) is 47.1 Å². The SMILES string of the molecule is COc1cccc2cc(C(=O)Nc3ccc(-c4cn5ccccc5n4)cc3)c(=O)oc12. The van der Waals surface area contributed by atoms with Crippen molar-refractivity contribution >= 4 is 28.2 Å². The Morgan fingerprint density at radius 2 is 1.90 bits per heavy atom. The second kappa shape index (κ2) is 7.46. The van der Waals surface area contributed by atoms with Crippen LogP contribution in [-0.4, -0.2) is 22.4 Å². The fourth-order valence-electron chi connectivity index (χ4n) is 3.43. The maximum absolute atomic E-state index is 12.7. The number of imidazole rings is 1. The summed E-state index contributed by atoms with van der Waals surface area (Å²) in [6.45, 7) is 0. The van der Waals surface area contributed by atoms with Crippen molar-refractivity contribution in [1.82, 2.24) is 9.38 Å². The van der Waals surface area contributed by atoms with E-state index in [9.17, 15) is 9.59 Å². The van der Waals surface area contributed by atoms with Gasteiger partial charge >= 0.3 is 5.63 Å². The molecular weight excluding hydrogens is 394 g/mol. The second-order valence-electron chi connectivity index (χ2n) is 6.95. The van der Waals surface area contributed by atoms with Crippen molar-refractivity contribution in [3.63, 3.8) is 0 Å². The topological polar surface area (TPSA) is 85.8 Å². The van der Waals surface area contributed by atoms with E-state index in [1.54, 1.807) is 30.3 Å². The molecule has 0 spiro atoms. The van der Waals surface area contributed by atoms with Crippen LogP contribution in [-0.2, 0) is 0 Å². The van der Waals surface area contributed by atoms with Gasteiger partial charge in [0, 0.05) is 29.0 Å². The monoisotopic (exact) mass is 411 g/mol. The van der Waals surface area contributed by atoms with Crippen LogP contribution in [0.25, 0.3) is 27.9 Å². The van der Waals surface area contributed by atoms with Gasteiger partial charge in [-0.25, -0.2) is 9.78 Å². The third-order valence-corrected chi connectivity index (χ3v) is 4.99. The molecule has 0 unspecified atom stereocenters. The minimum atomic E-state index is -0.726. The summed E-state index contributed by atoms with van der Waals surface area (Å²) in [7, 11) is 1.49. The molecule has 0 radical (unpaired) electrons. The van der Waals surface area contributed by atoms with Gasteiger partial charge in [-0.3, -0.25) is 4.79 Å². The van der Waals surface area contributed by atoms with Crippen LogP contribution in [0.3, 0.4) is 0 Å². The zero-order valence-corrected chi connectivity index (χ0v) is 16.5. The molecule has 5 aromatic rings. The highest BCUT2D eigenvalue weighted by Crippen LogP contribution is 2.25. The Kier molecular flexibility index (Phi) is 4.48. The normalized spacial score (nSPS) is 11.0. The molecule has 0 fully saturated rings. The van der Waals surface area contributed by atoms with Crippen LogP contribution < -0.4 is 15.7 Å². The molecule has 0 aliphatic rings. The number of para-hydroxylation sites is 1. The van der Waals surface area contributed by atoms with Crippen molar-refractivity contribution < 1.29 is 13.9 Å². The smallest absolute Gasteiger partial charge is 0.349 e. The summed E-state index contributed by atoms with van der Waals surface area (Å²) in [6.07, 6.45) is 3.88. The number of hydrogen-bond donors (Lipinski definition) is 1. The Labute approximate surface area is 176 Å². The number of anilines is 1. The molecule has 0 aliphatic carbocycles. The average Bonchev–Trinajstić information content (AvgIpc) is 3.23. The van der Waals surface area contributed by atoms with Crippen molar-refractivity contribution in [3.05, 3.63) is 95.1 Å². The zero-order chi connectivity index (χ0) is 21.4. The molecule has 2 aromatic carbocycles. The van der Waals surface area contributed by atoms with E-state index in [2.05, 4.69) is 10.3 Å². The molecule has 3 aromatic heterocycles. The number of carbonyl (C=O) groups is 1. The van der Waals surface area contributed by atoms with Gasteiger partial charge in [-0.1, -0.05) is 30.3 Å². The van der Waals surface area contributed by atoms with Crippen LogP contribution in [0.15, 0.2) is 88.3 Å². The summed E-state index contributed by atoms with van der Waals surface area (Å²) in [5.74, 6) is -0.108. The molecule has 1 amide bonds. The first-order valence-corrected chi connectivity index (χ1v) is 9.59. The summed E-state index contributed by atoms with van der Waals surface area (Å²) in [5, 5.41) is 3.34. The maximum Gasteiger partial charge on any atom is 0.349 e. The zero-order valence-electron chi connectivity index (χ0n) is 16.5. The summed E-state index contributed by atoms with van der Waals surface area (Å²) in [6, 6.07) is 19.8. The van der Waals surface area contributed by atoms with Crippen molar-refractivity contribution in [3.8, 4) is 17.0 Å². The van der Waals surface area contributed by atoms with Crippen molar-refractivity contribution in [2.24, 2.45) is 0 Å². The Morgan fingerprint density at radius 3 is 2.68 bits per heavy atom. The molecule has 0 saturated heterocycles. The molecule has 0 aliphatic heterocycles. The predicted octanol–water partition coefficient (Wildman–Crippen LogP) is 4.37. The van der Waals surface area contributed by atoms with Crippen LogP contribution in [0, 0.1) is 0 Å². The van der Waals surface area contributed by atoms with Gasteiger partial charge in [0.1, 0.15) is 11.2 Å². The number of benzene rings is 2. The van der Waals surface area contributed by atoms with Gasteiger partial charge in [-0.2, -0.15) is 0 Å². The molecule has 7 heteroatoms. The molecule has 152 valence electrons. The molecule has 0 saturated carbocycles. The van der Waals surface area contributed by atoms with E-state index in [0.29, 0.717) is 22.4 Å². The number of pyridine rings is 1. The summed E-state index contributed by atoms with van der Waals surface area (Å²) in [4.78, 5) is 29.6. The fourth-order valence-corrected chi connectivity index (χ4v) is 3.43. The highest BCUT2D eigenvalue weighted by Gasteiger charge is 2.16. The third-order valence-electron chi connectivity index (χ3n) is 4.99. The number of ether oxygens (including phenoxy) is 1. The lowest BCUT2D eigenvalue weighted by atomic mass is 10.1. The maximum atomic E-state index is 12.7. The lowest BCUT2D eigenvalue weighted by molar-refractivity contribution is 0.102. The molecule has 31 heavy (non-hydrogen) atoms. The largest absolute Gasteiger partial charge is 0.493 e. The van der Waals surface area contributed by atoms with E-state index in [0.717, 1.165) is 16.9 Å². The first-order chi connectivity index (χ1) is 15.1. The number of amides is 1. The number of methoxy groups -OCH3 is 1. The van der Waals surface area contributed by atoms with Gasteiger partial charge < -0.3 is 18.9 Å². The molecule has 0 bridgehead atoms. The van der Waals surface area contributed by atoms with Crippen LogP contribution in [0.1, 0.15) is 10.4 Å². The first kappa shape index (κ1) is 18.6. The van der Waals surface area contributed by atoms with Crippen molar-refractivity contribution in [1.29, 1.82) is 0 Å². The van der Waals surface area contributed by atoms with Gasteiger partial charge in [0.25, 0.3) is 5.91 Å². The Hall–Kier alpha value is -4.39. The fraction of sp³-hybridized carbons (Fsp3) is 0.0417. The number of nitrogens with zero attached hydrogens (tertiary/aromatic N) is 2. The first-order valence-electron chi connectivity index (χ1n) is 9.59. The van der Waals surface area contributed by atoms with Gasteiger partial charge in [0.05, 0.1) is 12.8 Å². The predicted molar refractivity (Wildman–Crippen MR) is 118 cm³/mol. The molecular formula is C24H17N3O4. The van der Waals surface area contributed by atoms with Crippen LogP contribution in [0.4, 0.5) is 5.69 Å². The summed E-state index contributed by atoms with van der Waals surface area (Å²) < 4.78 is 12.5. The second-order valence-corrected chi connectivity index (χ2v) is 6.95. The lowest BCUT2D eigenvalue weighted by Crippen LogP contribution is -2.20. The van der Waals surface area contributed by atoms with Gasteiger partial charge in [-0.15, -0.1) is 0 Å². The van der Waals surface area contributed by atoms with Gasteiger partial charge in [0.2, 0.25) is 0 Å². The molecule has 3 heterocycles. The Morgan fingerprint density at radius 1 is 1.06 bits per heavy atom. The van der Waals surface area contributed by atoms with E-state index in [-0.39, 0.29) is 5.56 Å². The highest BCUT2D eigenvalue weighted by atomic mass is 16.5. The van der Waals surface area contributed by atoms with Crippen molar-refractivity contribution in [2.75, 3.05) is 12.4 Å². The van der Waals surface area contributed by atoms with Crippen LogP contribution in [0.5, 0.6) is 5.75 Å². The average molecular weight is 411 g/mol. The van der Waals surface area contributed by atoms with E-state index in [4.69, 9.17) is 9.15 Å². The summed E-state index contributed by atoms with van der Waals surface area (Å²) >= 11 is 0. The number of nitrogens with one attached hydrogen (secondary N) is 1. The third kappa shape index (κ3) is 3.42. The molecule has 5 rings (SSSR count). The number of rotatable bonds is 4. The number of carbonyl (C=O) groups excluding carboxylic acids is 1. The van der Waals surface area contributed by atoms with Crippen LogP contribution in [0.2, 0.25) is 0 Å². The minimum absolute atomic E-state index is 0.0785. The highest BCUT2D eigenvalue weighted by molar-refractivity contribution is 6.05. The number of aromatic nitrogens is 2. The lowest BCUT2D eigenvalue weighted by Gasteiger charge is -2.07. The van der Waals surface area contributed by atoms with E-state index < -0.39 is 11.5 Å². The van der Waals surface area contributed by atoms with Crippen molar-refractivity contribution in [2.45, 2.75) is 0 Å². The minimum Gasteiger partial charge on any atom is -0.493 e. The van der Waals surface area contributed by atoms with Crippen LogP contribution >= 0.6 is 0 Å². The number of fused-ring (bicyclic) bond motifs is 2. The van der Waals surface area contributed by atoms with E-state index >= 15 is 0 Å². The van der Waals surface area contributed by atoms with E-state index in [1.165, 1.54) is 13.2 Å². The Bertz CT molecular complexity index is 1450. The number of hydrogen-bond acceptors (Lipinski definition) is 5. The summed E-state index contributed by atoms with van der Waals surface area (Å²) in [5.41, 5.74) is 2.66. The standard InChI is InChI=1S/C24H17N3O4/c1-30-20-6-4-5-16-13-18(24(29)31-22(16)20)23(28)25-17-10-8-15(9-11-17)19-14-27-12-3-2-7-21(27)26-19/h2-14H,1H3,(H,25,28). The molecule has 7 nitrogen and oxygen atoms in total. The molecule has 1 N–H and O–H groups in total. The van der Waals surface area contributed by atoms with Gasteiger partial charge in [0.15, 0.2) is 11.3 Å². The Balaban J connectivity index is 1.40.